The predicted molar refractivity (Wildman–Crippen MR) is 102 cm³/mol. The number of ether oxygens (including phenoxy) is 2. The van der Waals surface area contributed by atoms with Gasteiger partial charge in [0, 0.05) is 23.9 Å². The molecule has 0 N–H and O–H groups in total. The number of methoxy groups -OCH3 is 1. The number of carbonyl (C=O) groups excluding carboxylic acids is 2. The van der Waals surface area contributed by atoms with Gasteiger partial charge in [-0.25, -0.2) is 18.4 Å². The van der Waals surface area contributed by atoms with E-state index in [-0.39, 0.29) is 17.6 Å². The maximum absolute atomic E-state index is 14.1. The van der Waals surface area contributed by atoms with Crippen molar-refractivity contribution in [2.45, 2.75) is 13.3 Å². The zero-order chi connectivity index (χ0) is 21.0. The van der Waals surface area contributed by atoms with Gasteiger partial charge >= 0.3 is 12.1 Å². The normalized spacial score (nSPS) is 16.0. The second kappa shape index (κ2) is 8.68. The number of esters is 1. The Bertz CT molecular complexity index is 986. The van der Waals surface area contributed by atoms with Gasteiger partial charge in [-0.3, -0.25) is 4.90 Å². The molecule has 2 aromatic rings. The van der Waals surface area contributed by atoms with E-state index < -0.39 is 29.6 Å². The summed E-state index contributed by atoms with van der Waals surface area (Å²) in [7, 11) is 1.22. The number of rotatable bonds is 4. The average molecular weight is 399 g/mol. The van der Waals surface area contributed by atoms with Crippen molar-refractivity contribution in [1.82, 2.24) is 4.90 Å². The van der Waals surface area contributed by atoms with Crippen molar-refractivity contribution in [1.29, 1.82) is 0 Å². The van der Waals surface area contributed by atoms with Crippen LogP contribution in [0.5, 0.6) is 5.75 Å². The van der Waals surface area contributed by atoms with Crippen molar-refractivity contribution in [2.24, 2.45) is 5.92 Å². The van der Waals surface area contributed by atoms with Crippen LogP contribution in [0.15, 0.2) is 72.1 Å². The molecule has 5 nitrogen and oxygen atoms in total. The lowest BCUT2D eigenvalue weighted by atomic mass is 9.89. The number of carbonyl (C=O) groups is 2. The van der Waals surface area contributed by atoms with Crippen LogP contribution in [0.25, 0.3) is 0 Å². The number of benzene rings is 2. The van der Waals surface area contributed by atoms with E-state index in [1.165, 1.54) is 24.3 Å². The Morgan fingerprint density at radius 1 is 1.10 bits per heavy atom. The fourth-order valence-corrected chi connectivity index (χ4v) is 3.05. The Morgan fingerprint density at radius 3 is 2.48 bits per heavy atom. The van der Waals surface area contributed by atoms with Crippen molar-refractivity contribution in [3.8, 4) is 5.75 Å². The molecule has 1 amide bonds. The van der Waals surface area contributed by atoms with Gasteiger partial charge in [0.05, 0.1) is 12.7 Å². The van der Waals surface area contributed by atoms with Crippen LogP contribution < -0.4 is 4.74 Å². The number of nitrogens with zero attached hydrogens (tertiary/aromatic N) is 1. The summed E-state index contributed by atoms with van der Waals surface area (Å²) in [6.07, 6.45) is 2.39. The zero-order valence-electron chi connectivity index (χ0n) is 15.9. The first-order valence-corrected chi connectivity index (χ1v) is 8.87. The standard InChI is InChI=1S/C22H19F2NO4/c1-14-10-16(11-15-8-9-17(23)12-20(15)24)19(21(26)28-2)13-25(14)22(27)29-18-6-4-3-5-7-18/h3-10,12-13,16H,11H2,1-2H3/t16-/m0/s1. The lowest BCUT2D eigenvalue weighted by molar-refractivity contribution is -0.136. The minimum absolute atomic E-state index is 0.103. The summed E-state index contributed by atoms with van der Waals surface area (Å²) in [4.78, 5) is 26.0. The molecule has 7 heteroatoms. The number of hydrogen-bond donors (Lipinski definition) is 0. The van der Waals surface area contributed by atoms with Gasteiger partial charge in [-0.05, 0) is 37.1 Å². The van der Waals surface area contributed by atoms with Crippen LogP contribution in [0.1, 0.15) is 12.5 Å². The third kappa shape index (κ3) is 4.68. The Balaban J connectivity index is 1.87. The fraction of sp³-hybridized carbons (Fsp3) is 0.182. The molecule has 0 bridgehead atoms. The molecule has 0 radical (unpaired) electrons. The van der Waals surface area contributed by atoms with Crippen LogP contribution in [0.4, 0.5) is 13.6 Å². The fourth-order valence-electron chi connectivity index (χ4n) is 3.05. The van der Waals surface area contributed by atoms with Crippen molar-refractivity contribution >= 4 is 12.1 Å². The molecule has 1 atom stereocenters. The molecule has 0 spiro atoms. The lowest BCUT2D eigenvalue weighted by Gasteiger charge is -2.28. The van der Waals surface area contributed by atoms with E-state index in [2.05, 4.69) is 0 Å². The molecule has 3 rings (SSSR count). The molecule has 29 heavy (non-hydrogen) atoms. The molecular weight excluding hydrogens is 380 g/mol. The Labute approximate surface area is 166 Å². The van der Waals surface area contributed by atoms with Gasteiger partial charge in [0.25, 0.3) is 0 Å². The molecule has 1 aliphatic rings. The predicted octanol–water partition coefficient (Wildman–Crippen LogP) is 4.60. The van der Waals surface area contributed by atoms with E-state index in [1.807, 2.05) is 0 Å². The van der Waals surface area contributed by atoms with Crippen LogP contribution in [-0.4, -0.2) is 24.1 Å². The van der Waals surface area contributed by atoms with Gasteiger partial charge in [-0.15, -0.1) is 0 Å². The van der Waals surface area contributed by atoms with E-state index >= 15 is 0 Å². The topological polar surface area (TPSA) is 55.8 Å². The first kappa shape index (κ1) is 20.3. The SMILES string of the molecule is COC(=O)C1=CN(C(=O)Oc2ccccc2)C(C)=C[C@H]1Cc1ccc(F)cc1F. The molecule has 2 aromatic carbocycles. The summed E-state index contributed by atoms with van der Waals surface area (Å²) >= 11 is 0. The first-order chi connectivity index (χ1) is 13.9. The van der Waals surface area contributed by atoms with E-state index in [4.69, 9.17) is 9.47 Å². The van der Waals surface area contributed by atoms with Crippen LogP contribution >= 0.6 is 0 Å². The number of halogens is 2. The quantitative estimate of drug-likeness (QED) is 0.705. The maximum Gasteiger partial charge on any atom is 0.423 e. The van der Waals surface area contributed by atoms with Crippen LogP contribution in [0.3, 0.4) is 0 Å². The molecule has 0 aliphatic carbocycles. The summed E-state index contributed by atoms with van der Waals surface area (Å²) < 4.78 is 37.4. The maximum atomic E-state index is 14.1. The number of allylic oxidation sites excluding steroid dienone is 2. The molecule has 1 aliphatic heterocycles. The largest absolute Gasteiger partial charge is 0.466 e. The summed E-state index contributed by atoms with van der Waals surface area (Å²) in [6, 6.07) is 11.8. The minimum Gasteiger partial charge on any atom is -0.466 e. The van der Waals surface area contributed by atoms with Gasteiger partial charge in [0.1, 0.15) is 17.4 Å². The van der Waals surface area contributed by atoms with Gasteiger partial charge in [-0.1, -0.05) is 30.3 Å². The molecule has 0 aromatic heterocycles. The van der Waals surface area contributed by atoms with E-state index in [1.54, 1.807) is 43.3 Å². The second-order valence-corrected chi connectivity index (χ2v) is 6.48. The lowest BCUT2D eigenvalue weighted by Crippen LogP contribution is -2.33. The monoisotopic (exact) mass is 399 g/mol. The molecule has 0 saturated carbocycles. The van der Waals surface area contributed by atoms with Crippen LogP contribution in [0, 0.1) is 17.6 Å². The van der Waals surface area contributed by atoms with E-state index in [0.29, 0.717) is 11.4 Å². The van der Waals surface area contributed by atoms with Crippen LogP contribution in [0.2, 0.25) is 0 Å². The average Bonchev–Trinajstić information content (AvgIpc) is 2.70. The van der Waals surface area contributed by atoms with Gasteiger partial charge in [0.2, 0.25) is 0 Å². The highest BCUT2D eigenvalue weighted by Gasteiger charge is 2.30. The van der Waals surface area contributed by atoms with Crippen molar-refractivity contribution in [3.05, 3.63) is 89.3 Å². The van der Waals surface area contributed by atoms with Gasteiger partial charge in [-0.2, -0.15) is 0 Å². The smallest absolute Gasteiger partial charge is 0.423 e. The van der Waals surface area contributed by atoms with E-state index in [0.717, 1.165) is 12.1 Å². The second-order valence-electron chi connectivity index (χ2n) is 6.48. The highest BCUT2D eigenvalue weighted by atomic mass is 19.1. The van der Waals surface area contributed by atoms with Crippen LogP contribution in [-0.2, 0) is 16.0 Å². The summed E-state index contributed by atoms with van der Waals surface area (Å²) in [6.45, 7) is 1.67. The summed E-state index contributed by atoms with van der Waals surface area (Å²) in [5, 5.41) is 0. The Hall–Kier alpha value is -3.48. The van der Waals surface area contributed by atoms with Crippen molar-refractivity contribution < 1.29 is 27.8 Å². The minimum atomic E-state index is -0.703. The first-order valence-electron chi connectivity index (χ1n) is 8.87. The van der Waals surface area contributed by atoms with Gasteiger partial charge < -0.3 is 9.47 Å². The Kier molecular flexibility index (Phi) is 6.07. The van der Waals surface area contributed by atoms with Gasteiger partial charge in [0.15, 0.2) is 0 Å². The third-order valence-corrected chi connectivity index (χ3v) is 4.51. The molecule has 0 saturated heterocycles. The summed E-state index contributed by atoms with van der Waals surface area (Å²) in [5.41, 5.74) is 0.911. The highest BCUT2D eigenvalue weighted by molar-refractivity contribution is 5.91. The number of hydrogen-bond acceptors (Lipinski definition) is 4. The van der Waals surface area contributed by atoms with E-state index in [9.17, 15) is 18.4 Å². The number of amides is 1. The molecule has 0 fully saturated rings. The molecule has 150 valence electrons. The molecular formula is C22H19F2NO4. The Morgan fingerprint density at radius 2 is 1.83 bits per heavy atom. The molecule has 1 heterocycles. The van der Waals surface area contributed by atoms with Crippen molar-refractivity contribution in [3.63, 3.8) is 0 Å². The summed E-state index contributed by atoms with van der Waals surface area (Å²) in [5.74, 6) is -2.23. The zero-order valence-corrected chi connectivity index (χ0v) is 15.9. The third-order valence-electron chi connectivity index (χ3n) is 4.51. The van der Waals surface area contributed by atoms with Crippen molar-refractivity contribution in [2.75, 3.05) is 7.11 Å². The highest BCUT2D eigenvalue weighted by Crippen LogP contribution is 2.29. The molecule has 0 unspecified atom stereocenters. The number of para-hydroxylation sites is 1.